The number of nitrogens with one attached hydrogen (secondary N) is 1. The first kappa shape index (κ1) is 12.0. The van der Waals surface area contributed by atoms with Gasteiger partial charge in [-0.15, -0.1) is 12.4 Å². The smallest absolute Gasteiger partial charge is 0.131 e. The number of anilines is 2. The van der Waals surface area contributed by atoms with Crippen LogP contribution in [0.3, 0.4) is 0 Å². The Morgan fingerprint density at radius 3 is 2.88 bits per heavy atom. The Morgan fingerprint density at radius 1 is 1.18 bits per heavy atom. The molecule has 0 saturated carbocycles. The number of benzene rings is 1. The molecule has 3 rings (SSSR count). The van der Waals surface area contributed by atoms with Gasteiger partial charge in [0.2, 0.25) is 0 Å². The molecule has 1 aromatic heterocycles. The molecule has 0 radical (unpaired) electrons. The molecule has 2 heterocycles. The van der Waals surface area contributed by atoms with Crippen LogP contribution in [0.4, 0.5) is 11.5 Å². The Kier molecular flexibility index (Phi) is 3.38. The lowest BCUT2D eigenvalue weighted by molar-refractivity contribution is 0.787. The van der Waals surface area contributed by atoms with Crippen molar-refractivity contribution in [2.24, 2.45) is 0 Å². The molecule has 0 saturated heterocycles. The van der Waals surface area contributed by atoms with Crippen LogP contribution in [-0.4, -0.2) is 11.5 Å². The fourth-order valence-corrected chi connectivity index (χ4v) is 2.31. The second-order valence-corrected chi connectivity index (χ2v) is 4.25. The number of pyridine rings is 1. The molecular formula is C13H16ClN3. The van der Waals surface area contributed by atoms with Gasteiger partial charge in [0.05, 0.1) is 5.52 Å². The summed E-state index contributed by atoms with van der Waals surface area (Å²) in [5.74, 6) is 0.980. The third kappa shape index (κ3) is 2.03. The Balaban J connectivity index is 0.00000108. The van der Waals surface area contributed by atoms with E-state index in [0.717, 1.165) is 35.4 Å². The van der Waals surface area contributed by atoms with Gasteiger partial charge in [-0.2, -0.15) is 0 Å². The summed E-state index contributed by atoms with van der Waals surface area (Å²) in [5, 5.41) is 4.44. The molecule has 1 aliphatic rings. The highest BCUT2D eigenvalue weighted by Gasteiger charge is 2.14. The van der Waals surface area contributed by atoms with E-state index in [0.29, 0.717) is 0 Å². The molecule has 90 valence electrons. The first-order chi connectivity index (χ1) is 7.86. The number of nitrogens with two attached hydrogens (primary N) is 1. The lowest BCUT2D eigenvalue weighted by Gasteiger charge is -2.12. The Bertz CT molecular complexity index is 539. The van der Waals surface area contributed by atoms with Crippen LogP contribution in [0.5, 0.6) is 0 Å². The number of rotatable bonds is 0. The van der Waals surface area contributed by atoms with Gasteiger partial charge in [-0.3, -0.25) is 0 Å². The number of halogens is 1. The minimum absolute atomic E-state index is 0. The third-order valence-electron chi connectivity index (χ3n) is 3.18. The summed E-state index contributed by atoms with van der Waals surface area (Å²) in [5.41, 5.74) is 9.30. The summed E-state index contributed by atoms with van der Waals surface area (Å²) >= 11 is 0. The number of aromatic nitrogens is 1. The van der Waals surface area contributed by atoms with Crippen LogP contribution in [0.15, 0.2) is 24.3 Å². The fourth-order valence-electron chi connectivity index (χ4n) is 2.31. The van der Waals surface area contributed by atoms with Gasteiger partial charge in [-0.1, -0.05) is 18.2 Å². The molecule has 17 heavy (non-hydrogen) atoms. The van der Waals surface area contributed by atoms with Gasteiger partial charge >= 0.3 is 0 Å². The van der Waals surface area contributed by atoms with Gasteiger partial charge in [0, 0.05) is 23.2 Å². The molecule has 4 heteroatoms. The molecule has 0 spiro atoms. The molecule has 0 amide bonds. The first-order valence-electron chi connectivity index (χ1n) is 5.77. The second kappa shape index (κ2) is 4.80. The van der Waals surface area contributed by atoms with Crippen molar-refractivity contribution in [3.8, 4) is 0 Å². The van der Waals surface area contributed by atoms with Crippen molar-refractivity contribution >= 4 is 34.8 Å². The zero-order valence-electron chi connectivity index (χ0n) is 9.57. The van der Waals surface area contributed by atoms with Gasteiger partial charge in [-0.25, -0.2) is 4.98 Å². The SMILES string of the molecule is Cl.Nc1c2c(nc3ccccc13)NCCCC2. The van der Waals surface area contributed by atoms with Crippen molar-refractivity contribution in [3.63, 3.8) is 0 Å². The van der Waals surface area contributed by atoms with E-state index >= 15 is 0 Å². The van der Waals surface area contributed by atoms with Crippen LogP contribution >= 0.6 is 12.4 Å². The maximum Gasteiger partial charge on any atom is 0.131 e. The molecule has 3 N–H and O–H groups in total. The maximum atomic E-state index is 6.23. The fraction of sp³-hybridized carbons (Fsp3) is 0.308. The van der Waals surface area contributed by atoms with Crippen LogP contribution in [0, 0.1) is 0 Å². The molecule has 1 aromatic carbocycles. The zero-order valence-corrected chi connectivity index (χ0v) is 10.4. The van der Waals surface area contributed by atoms with Crippen molar-refractivity contribution in [2.45, 2.75) is 19.3 Å². The molecule has 2 aromatic rings. The molecule has 0 bridgehead atoms. The Morgan fingerprint density at radius 2 is 2.00 bits per heavy atom. The van der Waals surface area contributed by atoms with Gasteiger partial charge in [0.25, 0.3) is 0 Å². The lowest BCUT2D eigenvalue weighted by atomic mass is 10.0. The standard InChI is InChI=1S/C13H15N3.ClH/c14-12-9-5-1-2-7-11(9)16-13-10(12)6-3-4-8-15-13;/h1-2,5,7H,3-4,6,8H2,(H3,14,15,16);1H. The summed E-state index contributed by atoms with van der Waals surface area (Å²) in [6.07, 6.45) is 3.41. The highest BCUT2D eigenvalue weighted by molar-refractivity contribution is 5.94. The van der Waals surface area contributed by atoms with E-state index in [1.165, 1.54) is 18.4 Å². The lowest BCUT2D eigenvalue weighted by Crippen LogP contribution is -2.05. The molecule has 1 aliphatic heterocycles. The van der Waals surface area contributed by atoms with E-state index in [1.54, 1.807) is 0 Å². The van der Waals surface area contributed by atoms with Crippen LogP contribution < -0.4 is 11.1 Å². The Labute approximate surface area is 107 Å². The predicted molar refractivity (Wildman–Crippen MR) is 74.8 cm³/mol. The highest BCUT2D eigenvalue weighted by atomic mass is 35.5. The van der Waals surface area contributed by atoms with Crippen LogP contribution in [-0.2, 0) is 6.42 Å². The van der Waals surface area contributed by atoms with Gasteiger partial charge in [-0.05, 0) is 25.3 Å². The van der Waals surface area contributed by atoms with E-state index in [-0.39, 0.29) is 12.4 Å². The summed E-state index contributed by atoms with van der Waals surface area (Å²) in [6.45, 7) is 0.998. The van der Waals surface area contributed by atoms with E-state index in [2.05, 4.69) is 10.3 Å². The molecule has 0 atom stereocenters. The van der Waals surface area contributed by atoms with Crippen molar-refractivity contribution < 1.29 is 0 Å². The molecule has 3 nitrogen and oxygen atoms in total. The highest BCUT2D eigenvalue weighted by Crippen LogP contribution is 2.31. The number of para-hydroxylation sites is 1. The summed E-state index contributed by atoms with van der Waals surface area (Å²) < 4.78 is 0. The van der Waals surface area contributed by atoms with Gasteiger partial charge in [0.15, 0.2) is 0 Å². The molecular weight excluding hydrogens is 234 g/mol. The largest absolute Gasteiger partial charge is 0.398 e. The maximum absolute atomic E-state index is 6.23. The average molecular weight is 250 g/mol. The predicted octanol–water partition coefficient (Wildman–Crippen LogP) is 2.99. The average Bonchev–Trinajstić information content (AvgIpc) is 2.55. The molecule has 0 aliphatic carbocycles. The second-order valence-electron chi connectivity index (χ2n) is 4.25. The van der Waals surface area contributed by atoms with Crippen LogP contribution in [0.25, 0.3) is 10.9 Å². The van der Waals surface area contributed by atoms with E-state index in [9.17, 15) is 0 Å². The number of nitrogen functional groups attached to an aromatic ring is 1. The normalized spacial score (nSPS) is 14.4. The van der Waals surface area contributed by atoms with E-state index in [1.807, 2.05) is 24.3 Å². The number of hydrogen-bond donors (Lipinski definition) is 2. The summed E-state index contributed by atoms with van der Waals surface area (Å²) in [7, 11) is 0. The summed E-state index contributed by atoms with van der Waals surface area (Å²) in [4.78, 5) is 4.65. The molecule has 0 unspecified atom stereocenters. The minimum atomic E-state index is 0. The third-order valence-corrected chi connectivity index (χ3v) is 3.18. The van der Waals surface area contributed by atoms with Crippen molar-refractivity contribution in [1.29, 1.82) is 0 Å². The van der Waals surface area contributed by atoms with Gasteiger partial charge in [0.1, 0.15) is 5.82 Å². The topological polar surface area (TPSA) is 50.9 Å². The van der Waals surface area contributed by atoms with Crippen molar-refractivity contribution in [2.75, 3.05) is 17.6 Å². The quantitative estimate of drug-likeness (QED) is 0.755. The minimum Gasteiger partial charge on any atom is -0.398 e. The number of hydrogen-bond acceptors (Lipinski definition) is 3. The number of nitrogens with zero attached hydrogens (tertiary/aromatic N) is 1. The summed E-state index contributed by atoms with van der Waals surface area (Å²) in [6, 6.07) is 8.07. The van der Waals surface area contributed by atoms with Crippen molar-refractivity contribution in [3.05, 3.63) is 29.8 Å². The van der Waals surface area contributed by atoms with Crippen LogP contribution in [0.1, 0.15) is 18.4 Å². The zero-order chi connectivity index (χ0) is 11.0. The van der Waals surface area contributed by atoms with E-state index < -0.39 is 0 Å². The number of fused-ring (bicyclic) bond motifs is 2. The molecule has 0 fully saturated rings. The van der Waals surface area contributed by atoms with Crippen molar-refractivity contribution in [1.82, 2.24) is 4.98 Å². The van der Waals surface area contributed by atoms with E-state index in [4.69, 9.17) is 5.73 Å². The van der Waals surface area contributed by atoms with Crippen LogP contribution in [0.2, 0.25) is 0 Å². The van der Waals surface area contributed by atoms with Gasteiger partial charge < -0.3 is 11.1 Å². The first-order valence-corrected chi connectivity index (χ1v) is 5.77. The Hall–Kier alpha value is -1.48. The monoisotopic (exact) mass is 249 g/mol.